The molecule has 0 bridgehead atoms. The van der Waals surface area contributed by atoms with Gasteiger partial charge in [-0.2, -0.15) is 0 Å². The molecule has 0 aliphatic rings. The quantitative estimate of drug-likeness (QED) is 0.577. The molecule has 0 saturated heterocycles. The van der Waals surface area contributed by atoms with Gasteiger partial charge in [-0.1, -0.05) is 6.58 Å². The van der Waals surface area contributed by atoms with Gasteiger partial charge in [-0.3, -0.25) is 0 Å². The molecule has 0 rings (SSSR count). The standard InChI is InChI=1S/C5H10O2S/c1-2-8-4-5(7)3-6/h2,5-7H,1,3-4H2. The van der Waals surface area contributed by atoms with Gasteiger partial charge in [0.25, 0.3) is 0 Å². The Morgan fingerprint density at radius 3 is 2.75 bits per heavy atom. The van der Waals surface area contributed by atoms with Crippen LogP contribution in [0.15, 0.2) is 12.0 Å². The maximum atomic E-state index is 8.67. The predicted octanol–water partition coefficient (Wildman–Crippen LogP) is 0.216. The molecule has 3 heteroatoms. The van der Waals surface area contributed by atoms with Crippen molar-refractivity contribution in [1.82, 2.24) is 0 Å². The number of aliphatic hydroxyl groups excluding tert-OH is 2. The summed E-state index contributed by atoms with van der Waals surface area (Å²) in [6, 6.07) is 0. The van der Waals surface area contributed by atoms with Crippen molar-refractivity contribution in [2.75, 3.05) is 12.4 Å². The first-order valence-corrected chi connectivity index (χ1v) is 3.37. The molecule has 0 aliphatic carbocycles. The van der Waals surface area contributed by atoms with E-state index in [2.05, 4.69) is 6.58 Å². The van der Waals surface area contributed by atoms with Gasteiger partial charge < -0.3 is 10.2 Å². The molecule has 0 aromatic rings. The van der Waals surface area contributed by atoms with Gasteiger partial charge in [0, 0.05) is 5.75 Å². The molecule has 0 spiro atoms. The lowest BCUT2D eigenvalue weighted by Gasteiger charge is -2.01. The summed E-state index contributed by atoms with van der Waals surface area (Å²) in [5.41, 5.74) is 0. The van der Waals surface area contributed by atoms with Crippen molar-refractivity contribution in [3.05, 3.63) is 12.0 Å². The molecule has 0 aromatic carbocycles. The van der Waals surface area contributed by atoms with Gasteiger partial charge in [-0.25, -0.2) is 0 Å². The summed E-state index contributed by atoms with van der Waals surface area (Å²) in [7, 11) is 0. The Kier molecular flexibility index (Phi) is 5.16. The van der Waals surface area contributed by atoms with Gasteiger partial charge in [0.2, 0.25) is 0 Å². The van der Waals surface area contributed by atoms with Gasteiger partial charge in [0.05, 0.1) is 12.7 Å². The number of aliphatic hydroxyl groups is 2. The first-order valence-electron chi connectivity index (χ1n) is 2.32. The van der Waals surface area contributed by atoms with Gasteiger partial charge >= 0.3 is 0 Å². The highest BCUT2D eigenvalue weighted by molar-refractivity contribution is 8.02. The Morgan fingerprint density at radius 2 is 2.38 bits per heavy atom. The van der Waals surface area contributed by atoms with Crippen LogP contribution in [-0.2, 0) is 0 Å². The summed E-state index contributed by atoms with van der Waals surface area (Å²) < 4.78 is 0. The van der Waals surface area contributed by atoms with Gasteiger partial charge in [0.1, 0.15) is 0 Å². The molecule has 2 nitrogen and oxygen atoms in total. The van der Waals surface area contributed by atoms with Crippen molar-refractivity contribution in [2.24, 2.45) is 0 Å². The van der Waals surface area contributed by atoms with Crippen molar-refractivity contribution < 1.29 is 10.2 Å². The fraction of sp³-hybridized carbons (Fsp3) is 0.600. The molecule has 0 saturated carbocycles. The van der Waals surface area contributed by atoms with E-state index in [-0.39, 0.29) is 6.61 Å². The van der Waals surface area contributed by atoms with Crippen LogP contribution in [0.4, 0.5) is 0 Å². The number of thioether (sulfide) groups is 1. The van der Waals surface area contributed by atoms with Crippen LogP contribution in [0.1, 0.15) is 0 Å². The van der Waals surface area contributed by atoms with Crippen molar-refractivity contribution in [3.63, 3.8) is 0 Å². The molecule has 0 aliphatic heterocycles. The first kappa shape index (κ1) is 8.01. The Bertz CT molecular complexity index is 65.4. The fourth-order valence-corrected chi connectivity index (χ4v) is 0.695. The van der Waals surface area contributed by atoms with E-state index in [4.69, 9.17) is 10.2 Å². The van der Waals surface area contributed by atoms with Crippen molar-refractivity contribution in [3.8, 4) is 0 Å². The molecule has 8 heavy (non-hydrogen) atoms. The van der Waals surface area contributed by atoms with E-state index in [1.54, 1.807) is 5.41 Å². The summed E-state index contributed by atoms with van der Waals surface area (Å²) >= 11 is 1.39. The lowest BCUT2D eigenvalue weighted by atomic mass is 10.4. The van der Waals surface area contributed by atoms with Crippen LogP contribution in [-0.4, -0.2) is 28.7 Å². The van der Waals surface area contributed by atoms with Crippen LogP contribution in [0.5, 0.6) is 0 Å². The third kappa shape index (κ3) is 4.18. The highest BCUT2D eigenvalue weighted by Gasteiger charge is 1.97. The average molecular weight is 134 g/mol. The lowest BCUT2D eigenvalue weighted by Crippen LogP contribution is -2.13. The molecule has 0 amide bonds. The molecular weight excluding hydrogens is 124 g/mol. The minimum atomic E-state index is -0.599. The molecule has 1 unspecified atom stereocenters. The van der Waals surface area contributed by atoms with Crippen molar-refractivity contribution >= 4 is 11.8 Å². The smallest absolute Gasteiger partial charge is 0.0864 e. The number of rotatable bonds is 4. The van der Waals surface area contributed by atoms with Crippen LogP contribution < -0.4 is 0 Å². The second-order valence-electron chi connectivity index (χ2n) is 1.34. The van der Waals surface area contributed by atoms with E-state index in [0.29, 0.717) is 5.75 Å². The zero-order valence-electron chi connectivity index (χ0n) is 4.58. The highest BCUT2D eigenvalue weighted by atomic mass is 32.2. The third-order valence-corrected chi connectivity index (χ3v) is 1.43. The third-order valence-electron chi connectivity index (χ3n) is 0.617. The molecule has 1 atom stereocenters. The summed E-state index contributed by atoms with van der Waals surface area (Å²) in [6.45, 7) is 3.27. The minimum absolute atomic E-state index is 0.166. The Hall–Kier alpha value is 0.01000. The topological polar surface area (TPSA) is 40.5 Å². The van der Waals surface area contributed by atoms with Crippen LogP contribution >= 0.6 is 11.8 Å². The van der Waals surface area contributed by atoms with Crippen molar-refractivity contribution in [1.29, 1.82) is 0 Å². The first-order chi connectivity index (χ1) is 3.81. The molecule has 0 aromatic heterocycles. The molecule has 2 N–H and O–H groups in total. The molecule has 0 heterocycles. The zero-order chi connectivity index (χ0) is 6.41. The van der Waals surface area contributed by atoms with Crippen LogP contribution in [0.25, 0.3) is 0 Å². The van der Waals surface area contributed by atoms with E-state index in [1.807, 2.05) is 0 Å². The highest BCUT2D eigenvalue weighted by Crippen LogP contribution is 2.01. The fourth-order valence-electron chi connectivity index (χ4n) is 0.232. The van der Waals surface area contributed by atoms with Crippen molar-refractivity contribution in [2.45, 2.75) is 6.10 Å². The summed E-state index contributed by atoms with van der Waals surface area (Å²) in [6.07, 6.45) is -0.599. The van der Waals surface area contributed by atoms with Gasteiger partial charge in [-0.15, -0.1) is 11.8 Å². The van der Waals surface area contributed by atoms with Crippen LogP contribution in [0.3, 0.4) is 0 Å². The Morgan fingerprint density at radius 1 is 1.75 bits per heavy atom. The summed E-state index contributed by atoms with van der Waals surface area (Å²) in [5, 5.41) is 18.6. The minimum Gasteiger partial charge on any atom is -0.394 e. The maximum absolute atomic E-state index is 8.67. The van der Waals surface area contributed by atoms with E-state index in [9.17, 15) is 0 Å². The average Bonchev–Trinajstić information content (AvgIpc) is 1.83. The lowest BCUT2D eigenvalue weighted by molar-refractivity contribution is 0.113. The number of hydrogen-bond acceptors (Lipinski definition) is 3. The maximum Gasteiger partial charge on any atom is 0.0864 e. The van der Waals surface area contributed by atoms with Gasteiger partial charge in [-0.05, 0) is 5.41 Å². The second-order valence-corrected chi connectivity index (χ2v) is 2.34. The Labute approximate surface area is 53.2 Å². The summed E-state index contributed by atoms with van der Waals surface area (Å²) in [5.74, 6) is 0.528. The monoisotopic (exact) mass is 134 g/mol. The number of hydrogen-bond donors (Lipinski definition) is 2. The predicted molar refractivity (Wildman–Crippen MR) is 35.7 cm³/mol. The molecule has 48 valence electrons. The molecule has 0 radical (unpaired) electrons. The SMILES string of the molecule is C=CSCC(O)CO. The van der Waals surface area contributed by atoms with Crippen LogP contribution in [0.2, 0.25) is 0 Å². The second kappa shape index (κ2) is 5.15. The normalized spacial score (nSPS) is 13.2. The van der Waals surface area contributed by atoms with Gasteiger partial charge in [0.15, 0.2) is 0 Å². The molecule has 0 fully saturated rings. The summed E-state index contributed by atoms with van der Waals surface area (Å²) in [4.78, 5) is 0. The van der Waals surface area contributed by atoms with E-state index in [1.165, 1.54) is 11.8 Å². The van der Waals surface area contributed by atoms with E-state index in [0.717, 1.165) is 0 Å². The van der Waals surface area contributed by atoms with Crippen LogP contribution in [0, 0.1) is 0 Å². The largest absolute Gasteiger partial charge is 0.394 e. The Balaban J connectivity index is 2.97. The van der Waals surface area contributed by atoms with E-state index >= 15 is 0 Å². The van der Waals surface area contributed by atoms with E-state index < -0.39 is 6.10 Å². The zero-order valence-corrected chi connectivity index (χ0v) is 5.40. The molecular formula is C5H10O2S.